The number of piperidine rings is 1. The van der Waals surface area contributed by atoms with Crippen LogP contribution in [-0.4, -0.2) is 55.2 Å². The molecule has 0 unspecified atom stereocenters. The molecule has 2 aromatic carbocycles. The number of hydrogen-bond acceptors (Lipinski definition) is 6. The summed E-state index contributed by atoms with van der Waals surface area (Å²) < 4.78 is 10.9. The molecule has 0 aliphatic carbocycles. The summed E-state index contributed by atoms with van der Waals surface area (Å²) in [7, 11) is 3.73. The third-order valence-electron chi connectivity index (χ3n) is 6.13. The van der Waals surface area contributed by atoms with Crippen molar-refractivity contribution in [2.24, 2.45) is 4.99 Å². The number of phenols is 1. The molecule has 1 spiro atoms. The monoisotopic (exact) mass is 409 g/mol. The first-order valence-electron chi connectivity index (χ1n) is 10.7. The van der Waals surface area contributed by atoms with Crippen molar-refractivity contribution >= 4 is 5.71 Å². The number of aromatic hydroxyl groups is 1. The van der Waals surface area contributed by atoms with E-state index in [1.807, 2.05) is 31.2 Å². The van der Waals surface area contributed by atoms with Crippen LogP contribution in [0.3, 0.4) is 0 Å². The number of likely N-dealkylation sites (tertiary alicyclic amines) is 1. The third-order valence-corrected chi connectivity index (χ3v) is 6.13. The van der Waals surface area contributed by atoms with E-state index in [1.54, 1.807) is 13.2 Å². The largest absolute Gasteiger partial charge is 0.504 e. The molecular weight excluding hydrogens is 378 g/mol. The lowest BCUT2D eigenvalue weighted by molar-refractivity contribution is 0.144. The summed E-state index contributed by atoms with van der Waals surface area (Å²) in [6.07, 6.45) is 2.57. The van der Waals surface area contributed by atoms with Crippen LogP contribution in [-0.2, 0) is 0 Å². The lowest BCUT2D eigenvalue weighted by atomic mass is 9.87. The lowest BCUT2D eigenvalue weighted by Crippen LogP contribution is -2.55. The molecule has 2 aliphatic heterocycles. The zero-order valence-corrected chi connectivity index (χ0v) is 18.0. The van der Waals surface area contributed by atoms with E-state index in [0.717, 1.165) is 48.5 Å². The Morgan fingerprint density at radius 2 is 1.90 bits per heavy atom. The minimum absolute atomic E-state index is 0.0393. The molecular formula is C24H31N3O3. The second-order valence-electron chi connectivity index (χ2n) is 8.15. The molecule has 1 atom stereocenters. The molecule has 2 aromatic rings. The molecule has 2 heterocycles. The summed E-state index contributed by atoms with van der Waals surface area (Å²) in [5, 5.41) is 14.6. The molecule has 30 heavy (non-hydrogen) atoms. The molecule has 0 aromatic heterocycles. The van der Waals surface area contributed by atoms with Crippen LogP contribution in [0.15, 0.2) is 47.5 Å². The first-order chi connectivity index (χ1) is 14.5. The van der Waals surface area contributed by atoms with Gasteiger partial charge in [-0.3, -0.25) is 10.3 Å². The number of para-hydroxylation sites is 1. The van der Waals surface area contributed by atoms with Gasteiger partial charge < -0.3 is 19.5 Å². The highest BCUT2D eigenvalue weighted by Crippen LogP contribution is 2.40. The maximum atomic E-state index is 10.8. The Labute approximate surface area is 178 Å². The number of nitrogens with zero attached hydrogens (tertiary/aromatic N) is 2. The van der Waals surface area contributed by atoms with E-state index in [2.05, 4.69) is 29.4 Å². The summed E-state index contributed by atoms with van der Waals surface area (Å²) in [6.45, 7) is 4.62. The van der Waals surface area contributed by atoms with E-state index in [-0.39, 0.29) is 17.5 Å². The van der Waals surface area contributed by atoms with E-state index in [9.17, 15) is 5.11 Å². The molecule has 0 radical (unpaired) electrons. The minimum atomic E-state index is -0.321. The second kappa shape index (κ2) is 8.66. The molecule has 160 valence electrons. The minimum Gasteiger partial charge on any atom is -0.504 e. The van der Waals surface area contributed by atoms with Crippen LogP contribution in [0, 0.1) is 0 Å². The van der Waals surface area contributed by atoms with Gasteiger partial charge in [-0.05, 0) is 62.7 Å². The first kappa shape index (κ1) is 20.7. The van der Waals surface area contributed by atoms with Gasteiger partial charge in [0, 0.05) is 36.8 Å². The third kappa shape index (κ3) is 4.16. The molecule has 0 saturated carbocycles. The SMILES string of the molecule is CCOc1ccc(C2=NC3(CCN(C)CC3)N[C@H](c3cccc(OC)c3O)C2)cc1. The highest BCUT2D eigenvalue weighted by atomic mass is 16.5. The quantitative estimate of drug-likeness (QED) is 0.787. The number of rotatable bonds is 5. The van der Waals surface area contributed by atoms with Gasteiger partial charge in [0.2, 0.25) is 0 Å². The molecule has 2 N–H and O–H groups in total. The fourth-order valence-corrected chi connectivity index (χ4v) is 4.42. The highest BCUT2D eigenvalue weighted by Gasteiger charge is 2.40. The van der Waals surface area contributed by atoms with E-state index in [4.69, 9.17) is 14.5 Å². The fraction of sp³-hybridized carbons (Fsp3) is 0.458. The second-order valence-corrected chi connectivity index (χ2v) is 8.15. The zero-order valence-electron chi connectivity index (χ0n) is 18.0. The van der Waals surface area contributed by atoms with E-state index < -0.39 is 0 Å². The maximum Gasteiger partial charge on any atom is 0.162 e. The summed E-state index contributed by atoms with van der Waals surface area (Å²) >= 11 is 0. The molecule has 1 fully saturated rings. The van der Waals surface area contributed by atoms with Crippen LogP contribution < -0.4 is 14.8 Å². The normalized spacial score (nSPS) is 21.3. The number of phenolic OH excluding ortho intramolecular Hbond substituents is 1. The Morgan fingerprint density at radius 3 is 2.57 bits per heavy atom. The Bertz CT molecular complexity index is 902. The topological polar surface area (TPSA) is 66.3 Å². The number of methoxy groups -OCH3 is 1. The van der Waals surface area contributed by atoms with Crippen molar-refractivity contribution < 1.29 is 14.6 Å². The standard InChI is InChI=1S/C24H31N3O3/c1-4-30-18-10-8-17(9-11-18)20-16-21(19-6-5-7-22(29-3)23(19)28)26-24(25-20)12-14-27(2)15-13-24/h5-11,21,26,28H,4,12-16H2,1-3H3/t21-/m0/s1. The van der Waals surface area contributed by atoms with Gasteiger partial charge >= 0.3 is 0 Å². The van der Waals surface area contributed by atoms with Crippen molar-refractivity contribution in [3.8, 4) is 17.2 Å². The first-order valence-corrected chi connectivity index (χ1v) is 10.7. The Hall–Kier alpha value is -2.57. The summed E-state index contributed by atoms with van der Waals surface area (Å²) in [5.41, 5.74) is 2.70. The molecule has 4 rings (SSSR count). The van der Waals surface area contributed by atoms with E-state index >= 15 is 0 Å². The molecule has 1 saturated heterocycles. The van der Waals surface area contributed by atoms with E-state index in [0.29, 0.717) is 18.8 Å². The van der Waals surface area contributed by atoms with Crippen molar-refractivity contribution in [3.05, 3.63) is 53.6 Å². The van der Waals surface area contributed by atoms with Crippen molar-refractivity contribution in [1.29, 1.82) is 0 Å². The van der Waals surface area contributed by atoms with Crippen LogP contribution in [0.1, 0.15) is 43.4 Å². The average Bonchev–Trinajstić information content (AvgIpc) is 2.77. The smallest absolute Gasteiger partial charge is 0.162 e. The Balaban J connectivity index is 1.70. The summed E-state index contributed by atoms with van der Waals surface area (Å²) in [4.78, 5) is 7.57. The predicted molar refractivity (Wildman–Crippen MR) is 119 cm³/mol. The lowest BCUT2D eigenvalue weighted by Gasteiger charge is -2.44. The number of hydrogen-bond donors (Lipinski definition) is 2. The molecule has 6 heteroatoms. The van der Waals surface area contributed by atoms with Crippen LogP contribution in [0.2, 0.25) is 0 Å². The summed E-state index contributed by atoms with van der Waals surface area (Å²) in [5.74, 6) is 1.57. The van der Waals surface area contributed by atoms with E-state index in [1.165, 1.54) is 0 Å². The van der Waals surface area contributed by atoms with Crippen molar-refractivity contribution in [2.45, 2.75) is 37.9 Å². The number of ether oxygens (including phenoxy) is 2. The molecule has 0 amide bonds. The molecule has 0 bridgehead atoms. The van der Waals surface area contributed by atoms with Crippen molar-refractivity contribution in [3.63, 3.8) is 0 Å². The van der Waals surface area contributed by atoms with Gasteiger partial charge in [-0.25, -0.2) is 0 Å². The number of nitrogens with one attached hydrogen (secondary N) is 1. The predicted octanol–water partition coefficient (Wildman–Crippen LogP) is 3.75. The molecule has 6 nitrogen and oxygen atoms in total. The van der Waals surface area contributed by atoms with Gasteiger partial charge in [-0.15, -0.1) is 0 Å². The van der Waals surface area contributed by atoms with Crippen LogP contribution in [0.5, 0.6) is 17.2 Å². The maximum absolute atomic E-state index is 10.8. The van der Waals surface area contributed by atoms with Crippen LogP contribution >= 0.6 is 0 Å². The van der Waals surface area contributed by atoms with Gasteiger partial charge in [0.05, 0.1) is 13.7 Å². The Morgan fingerprint density at radius 1 is 1.17 bits per heavy atom. The van der Waals surface area contributed by atoms with Gasteiger partial charge in [0.1, 0.15) is 11.4 Å². The van der Waals surface area contributed by atoms with Crippen molar-refractivity contribution in [2.75, 3.05) is 33.9 Å². The van der Waals surface area contributed by atoms with Gasteiger partial charge in [-0.1, -0.05) is 12.1 Å². The molecule has 2 aliphatic rings. The Kier molecular flexibility index (Phi) is 5.97. The number of benzene rings is 2. The zero-order chi connectivity index (χ0) is 21.1. The van der Waals surface area contributed by atoms with Gasteiger partial charge in [0.15, 0.2) is 11.5 Å². The van der Waals surface area contributed by atoms with Crippen LogP contribution in [0.4, 0.5) is 0 Å². The summed E-state index contributed by atoms with van der Waals surface area (Å²) in [6, 6.07) is 13.8. The van der Waals surface area contributed by atoms with Crippen LogP contribution in [0.25, 0.3) is 0 Å². The average molecular weight is 410 g/mol. The van der Waals surface area contributed by atoms with Gasteiger partial charge in [-0.2, -0.15) is 0 Å². The number of aliphatic imine (C=N–C) groups is 1. The fourth-order valence-electron chi connectivity index (χ4n) is 4.42. The van der Waals surface area contributed by atoms with Crippen molar-refractivity contribution in [1.82, 2.24) is 10.2 Å². The highest BCUT2D eigenvalue weighted by molar-refractivity contribution is 6.02. The van der Waals surface area contributed by atoms with Gasteiger partial charge in [0.25, 0.3) is 0 Å².